The molecule has 0 saturated heterocycles. The Labute approximate surface area is 123 Å². The molecule has 0 radical (unpaired) electrons. The van der Waals surface area contributed by atoms with E-state index in [1.807, 2.05) is 0 Å². The molecule has 1 amide bonds. The Bertz CT molecular complexity index is 561. The van der Waals surface area contributed by atoms with E-state index in [1.54, 1.807) is 0 Å². The maximum atomic E-state index is 12.3. The molecule has 0 bridgehead atoms. The van der Waals surface area contributed by atoms with E-state index in [-0.39, 0.29) is 23.1 Å². The predicted molar refractivity (Wildman–Crippen MR) is 78.7 cm³/mol. The van der Waals surface area contributed by atoms with Crippen LogP contribution in [0, 0.1) is 22.0 Å². The van der Waals surface area contributed by atoms with Crippen LogP contribution in [0.2, 0.25) is 0 Å². The van der Waals surface area contributed by atoms with E-state index in [0.29, 0.717) is 11.8 Å². The molecule has 0 aromatic carbocycles. The summed E-state index contributed by atoms with van der Waals surface area (Å²) in [5, 5.41) is 13.9. The minimum atomic E-state index is -0.617. The summed E-state index contributed by atoms with van der Waals surface area (Å²) in [4.78, 5) is 26.4. The molecule has 1 aliphatic rings. The van der Waals surface area contributed by atoms with Crippen molar-refractivity contribution in [2.45, 2.75) is 39.2 Å². The van der Waals surface area contributed by atoms with Gasteiger partial charge < -0.3 is 11.1 Å². The first-order valence-electron chi connectivity index (χ1n) is 7.09. The average Bonchev–Trinajstić information content (AvgIpc) is 2.41. The molecule has 0 spiro atoms. The SMILES string of the molecule is CC1CCC(NC(=O)c2cc(N)ncc2[N+](=O)[O-])C(C)C1. The lowest BCUT2D eigenvalue weighted by Crippen LogP contribution is -2.42. The van der Waals surface area contributed by atoms with Gasteiger partial charge in [-0.3, -0.25) is 14.9 Å². The van der Waals surface area contributed by atoms with Crippen molar-refractivity contribution in [3.8, 4) is 0 Å². The molecule has 1 aromatic heterocycles. The number of rotatable bonds is 3. The minimum Gasteiger partial charge on any atom is -0.384 e. The molecule has 1 aromatic rings. The van der Waals surface area contributed by atoms with Crippen LogP contribution in [0.1, 0.15) is 43.5 Å². The summed E-state index contributed by atoms with van der Waals surface area (Å²) in [6.45, 7) is 4.29. The Hall–Kier alpha value is -2.18. The van der Waals surface area contributed by atoms with Gasteiger partial charge in [-0.15, -0.1) is 0 Å². The highest BCUT2D eigenvalue weighted by atomic mass is 16.6. The monoisotopic (exact) mass is 292 g/mol. The lowest BCUT2D eigenvalue weighted by Gasteiger charge is -2.33. The minimum absolute atomic E-state index is 0.0293. The number of nitrogens with two attached hydrogens (primary N) is 1. The third-order valence-electron chi connectivity index (χ3n) is 4.09. The van der Waals surface area contributed by atoms with E-state index in [4.69, 9.17) is 5.73 Å². The van der Waals surface area contributed by atoms with Gasteiger partial charge in [-0.1, -0.05) is 13.8 Å². The number of nitrogen functional groups attached to an aromatic ring is 1. The molecule has 3 atom stereocenters. The van der Waals surface area contributed by atoms with Crippen LogP contribution in [0.5, 0.6) is 0 Å². The Kier molecular flexibility index (Phi) is 4.40. The second kappa shape index (κ2) is 6.07. The number of pyridine rings is 1. The van der Waals surface area contributed by atoms with Crippen LogP contribution >= 0.6 is 0 Å². The first-order valence-corrected chi connectivity index (χ1v) is 7.09. The van der Waals surface area contributed by atoms with Crippen LogP contribution < -0.4 is 11.1 Å². The fraction of sp³-hybridized carbons (Fsp3) is 0.571. The Balaban J connectivity index is 2.17. The molecular formula is C14H20N4O3. The molecule has 3 unspecified atom stereocenters. The lowest BCUT2D eigenvalue weighted by atomic mass is 9.80. The molecule has 21 heavy (non-hydrogen) atoms. The van der Waals surface area contributed by atoms with E-state index in [9.17, 15) is 14.9 Å². The van der Waals surface area contributed by atoms with Crippen LogP contribution in [-0.4, -0.2) is 21.9 Å². The van der Waals surface area contributed by atoms with Crippen LogP contribution in [0.25, 0.3) is 0 Å². The summed E-state index contributed by atoms with van der Waals surface area (Å²) in [6, 6.07) is 1.30. The zero-order valence-electron chi connectivity index (χ0n) is 12.2. The molecule has 1 heterocycles. The summed E-state index contributed by atoms with van der Waals surface area (Å²) in [7, 11) is 0. The molecule has 1 fully saturated rings. The summed E-state index contributed by atoms with van der Waals surface area (Å²) in [5.41, 5.74) is 5.18. The zero-order chi connectivity index (χ0) is 15.6. The number of nitro groups is 1. The number of hydrogen-bond acceptors (Lipinski definition) is 5. The van der Waals surface area contributed by atoms with E-state index in [0.717, 1.165) is 25.5 Å². The number of carbonyl (C=O) groups excluding carboxylic acids is 1. The second-order valence-corrected chi connectivity index (χ2v) is 5.86. The highest BCUT2D eigenvalue weighted by Crippen LogP contribution is 2.29. The number of nitrogens with one attached hydrogen (secondary N) is 1. The van der Waals surface area contributed by atoms with Crippen LogP contribution in [-0.2, 0) is 0 Å². The number of anilines is 1. The summed E-state index contributed by atoms with van der Waals surface area (Å²) in [6.07, 6.45) is 4.01. The van der Waals surface area contributed by atoms with Crippen LogP contribution in [0.15, 0.2) is 12.3 Å². The van der Waals surface area contributed by atoms with E-state index in [2.05, 4.69) is 24.1 Å². The molecule has 2 rings (SSSR count). The van der Waals surface area contributed by atoms with E-state index < -0.39 is 10.8 Å². The Morgan fingerprint density at radius 1 is 1.48 bits per heavy atom. The van der Waals surface area contributed by atoms with Crippen molar-refractivity contribution in [1.29, 1.82) is 0 Å². The molecule has 1 aliphatic carbocycles. The van der Waals surface area contributed by atoms with Gasteiger partial charge in [0, 0.05) is 6.04 Å². The third kappa shape index (κ3) is 3.48. The molecule has 114 valence electrons. The average molecular weight is 292 g/mol. The highest BCUT2D eigenvalue weighted by Gasteiger charge is 2.29. The van der Waals surface area contributed by atoms with Gasteiger partial charge in [0.2, 0.25) is 0 Å². The first-order chi connectivity index (χ1) is 9.88. The number of amides is 1. The Morgan fingerprint density at radius 2 is 2.19 bits per heavy atom. The van der Waals surface area contributed by atoms with Gasteiger partial charge in [0.15, 0.2) is 0 Å². The van der Waals surface area contributed by atoms with Crippen LogP contribution in [0.4, 0.5) is 11.5 Å². The van der Waals surface area contributed by atoms with Gasteiger partial charge >= 0.3 is 0 Å². The van der Waals surface area contributed by atoms with Crippen molar-refractivity contribution in [1.82, 2.24) is 10.3 Å². The van der Waals surface area contributed by atoms with E-state index in [1.165, 1.54) is 6.07 Å². The fourth-order valence-corrected chi connectivity index (χ4v) is 2.92. The van der Waals surface area contributed by atoms with Crippen LogP contribution in [0.3, 0.4) is 0 Å². The number of nitrogens with zero attached hydrogens (tertiary/aromatic N) is 2. The van der Waals surface area contributed by atoms with Crippen molar-refractivity contribution in [2.75, 3.05) is 5.73 Å². The topological polar surface area (TPSA) is 111 Å². The molecule has 7 nitrogen and oxygen atoms in total. The van der Waals surface area contributed by atoms with Gasteiger partial charge in [-0.05, 0) is 37.2 Å². The normalized spacial score (nSPS) is 25.3. The molecule has 0 aliphatic heterocycles. The molecular weight excluding hydrogens is 272 g/mol. The number of carbonyl (C=O) groups is 1. The Morgan fingerprint density at radius 3 is 2.81 bits per heavy atom. The quantitative estimate of drug-likeness (QED) is 0.654. The highest BCUT2D eigenvalue weighted by molar-refractivity contribution is 5.98. The van der Waals surface area contributed by atoms with Gasteiger partial charge in [0.1, 0.15) is 17.6 Å². The molecule has 7 heteroatoms. The number of hydrogen-bond donors (Lipinski definition) is 2. The maximum Gasteiger partial charge on any atom is 0.300 e. The van der Waals surface area contributed by atoms with Crippen molar-refractivity contribution in [3.63, 3.8) is 0 Å². The predicted octanol–water partition coefficient (Wildman–Crippen LogP) is 2.13. The van der Waals surface area contributed by atoms with Gasteiger partial charge in [0.25, 0.3) is 11.6 Å². The number of aromatic nitrogens is 1. The largest absolute Gasteiger partial charge is 0.384 e. The summed E-state index contributed by atoms with van der Waals surface area (Å²) < 4.78 is 0. The smallest absolute Gasteiger partial charge is 0.300 e. The van der Waals surface area contributed by atoms with Gasteiger partial charge in [-0.25, -0.2) is 4.98 Å². The van der Waals surface area contributed by atoms with E-state index >= 15 is 0 Å². The van der Waals surface area contributed by atoms with Crippen molar-refractivity contribution in [3.05, 3.63) is 27.9 Å². The lowest BCUT2D eigenvalue weighted by molar-refractivity contribution is -0.385. The zero-order valence-corrected chi connectivity index (χ0v) is 12.2. The first kappa shape index (κ1) is 15.2. The molecule has 1 saturated carbocycles. The van der Waals surface area contributed by atoms with Crippen molar-refractivity contribution >= 4 is 17.4 Å². The summed E-state index contributed by atoms with van der Waals surface area (Å²) >= 11 is 0. The van der Waals surface area contributed by atoms with Crippen molar-refractivity contribution < 1.29 is 9.72 Å². The van der Waals surface area contributed by atoms with Gasteiger partial charge in [0.05, 0.1) is 4.92 Å². The van der Waals surface area contributed by atoms with Crippen molar-refractivity contribution in [2.24, 2.45) is 11.8 Å². The summed E-state index contributed by atoms with van der Waals surface area (Å²) in [5.74, 6) is 0.647. The third-order valence-corrected chi connectivity index (χ3v) is 4.09. The standard InChI is InChI=1S/C14H20N4O3/c1-8-3-4-11(9(2)5-8)17-14(19)10-6-13(15)16-7-12(10)18(20)21/h6-9,11H,3-5H2,1-2H3,(H2,15,16)(H,17,19). The second-order valence-electron chi connectivity index (χ2n) is 5.86. The maximum absolute atomic E-state index is 12.3. The molecule has 3 N–H and O–H groups in total. The van der Waals surface area contributed by atoms with Gasteiger partial charge in [-0.2, -0.15) is 0 Å². The fourth-order valence-electron chi connectivity index (χ4n) is 2.92.